The van der Waals surface area contributed by atoms with E-state index in [0.29, 0.717) is 22.4 Å². The molecule has 1 aromatic rings. The second-order valence-corrected chi connectivity index (χ2v) is 6.32. The second-order valence-electron chi connectivity index (χ2n) is 4.30. The fraction of sp³-hybridized carbons (Fsp3) is 0.333. The highest BCUT2D eigenvalue weighted by atomic mass is 79.9. The number of benzene rings is 1. The van der Waals surface area contributed by atoms with E-state index in [-0.39, 0.29) is 5.56 Å². The number of carbonyl (C=O) groups is 2. The monoisotopic (exact) mass is 347 g/mol. The maximum absolute atomic E-state index is 13.2. The summed E-state index contributed by atoms with van der Waals surface area (Å²) >= 11 is 4.57. The van der Waals surface area contributed by atoms with Gasteiger partial charge in [0, 0.05) is 15.8 Å². The summed E-state index contributed by atoms with van der Waals surface area (Å²) in [6.45, 7) is 0. The number of nitrogens with one attached hydrogen (secondary N) is 1. The molecule has 0 radical (unpaired) electrons. The van der Waals surface area contributed by atoms with Crippen molar-refractivity contribution in [3.8, 4) is 0 Å². The van der Waals surface area contributed by atoms with Gasteiger partial charge in [-0.2, -0.15) is 11.8 Å². The van der Waals surface area contributed by atoms with Gasteiger partial charge in [-0.1, -0.05) is 15.9 Å². The average molecular weight is 348 g/mol. The number of halogens is 2. The molecule has 0 unspecified atom stereocenters. The summed E-state index contributed by atoms with van der Waals surface area (Å²) in [6.07, 6.45) is 0.370. The maximum Gasteiger partial charge on any atom is 0.330 e. The maximum atomic E-state index is 13.2. The van der Waals surface area contributed by atoms with Crippen molar-refractivity contribution in [2.75, 3.05) is 11.5 Å². The van der Waals surface area contributed by atoms with Crippen LogP contribution in [0.3, 0.4) is 0 Å². The number of hydrogen-bond acceptors (Lipinski definition) is 3. The van der Waals surface area contributed by atoms with Crippen molar-refractivity contribution in [1.82, 2.24) is 5.32 Å². The topological polar surface area (TPSA) is 66.4 Å². The van der Waals surface area contributed by atoms with Gasteiger partial charge in [0.05, 0.1) is 0 Å². The molecule has 0 bridgehead atoms. The molecule has 102 valence electrons. The van der Waals surface area contributed by atoms with E-state index in [4.69, 9.17) is 0 Å². The molecule has 7 heteroatoms. The predicted molar refractivity (Wildman–Crippen MR) is 73.9 cm³/mol. The van der Waals surface area contributed by atoms with Crippen LogP contribution >= 0.6 is 27.7 Å². The molecule has 1 amide bonds. The zero-order valence-electron chi connectivity index (χ0n) is 9.78. The van der Waals surface area contributed by atoms with Crippen LogP contribution in [-0.2, 0) is 4.79 Å². The Labute approximate surface area is 121 Å². The lowest BCUT2D eigenvalue weighted by molar-refractivity contribution is -0.143. The molecule has 0 aromatic heterocycles. The summed E-state index contributed by atoms with van der Waals surface area (Å²) in [5.74, 6) is -1.18. The van der Waals surface area contributed by atoms with E-state index in [1.807, 2.05) is 0 Å². The normalized spacial score (nSPS) is 22.2. The molecule has 0 aliphatic carbocycles. The van der Waals surface area contributed by atoms with Crippen LogP contribution in [0, 0.1) is 5.82 Å². The Bertz CT molecular complexity index is 511. The number of aliphatic carboxylic acids is 1. The van der Waals surface area contributed by atoms with E-state index in [2.05, 4.69) is 21.2 Å². The zero-order chi connectivity index (χ0) is 14.0. The van der Waals surface area contributed by atoms with Crippen molar-refractivity contribution < 1.29 is 19.1 Å². The summed E-state index contributed by atoms with van der Waals surface area (Å²) in [5, 5.41) is 11.8. The lowest BCUT2D eigenvalue weighted by Gasteiger charge is -2.24. The first-order valence-electron chi connectivity index (χ1n) is 5.53. The van der Waals surface area contributed by atoms with Crippen LogP contribution in [0.4, 0.5) is 4.39 Å². The highest BCUT2D eigenvalue weighted by Crippen LogP contribution is 2.28. The third-order valence-corrected chi connectivity index (χ3v) is 4.56. The Morgan fingerprint density at radius 2 is 2.16 bits per heavy atom. The number of carboxylic acid groups (broad SMARTS) is 1. The molecule has 2 rings (SSSR count). The van der Waals surface area contributed by atoms with Gasteiger partial charge >= 0.3 is 5.97 Å². The lowest BCUT2D eigenvalue weighted by atomic mass is 9.98. The van der Waals surface area contributed by atoms with Gasteiger partial charge in [0.2, 0.25) is 0 Å². The summed E-state index contributed by atoms with van der Waals surface area (Å²) < 4.78 is 13.7. The first-order chi connectivity index (χ1) is 8.93. The van der Waals surface area contributed by atoms with Crippen molar-refractivity contribution in [2.24, 2.45) is 0 Å². The average Bonchev–Trinajstić information content (AvgIpc) is 2.77. The number of rotatable bonds is 3. The first-order valence-corrected chi connectivity index (χ1v) is 7.47. The summed E-state index contributed by atoms with van der Waals surface area (Å²) in [6, 6.07) is 3.77. The minimum atomic E-state index is -1.25. The third-order valence-electron chi connectivity index (χ3n) is 2.91. The van der Waals surface area contributed by atoms with Crippen molar-refractivity contribution in [3.63, 3.8) is 0 Å². The molecule has 1 heterocycles. The fourth-order valence-electron chi connectivity index (χ4n) is 1.86. The lowest BCUT2D eigenvalue weighted by Crippen LogP contribution is -2.54. The Balaban J connectivity index is 2.22. The summed E-state index contributed by atoms with van der Waals surface area (Å²) in [4.78, 5) is 23.4. The highest BCUT2D eigenvalue weighted by molar-refractivity contribution is 9.10. The number of amides is 1. The third kappa shape index (κ3) is 3.09. The minimum absolute atomic E-state index is 0.101. The van der Waals surface area contributed by atoms with Crippen molar-refractivity contribution in [1.29, 1.82) is 0 Å². The highest BCUT2D eigenvalue weighted by Gasteiger charge is 2.43. The minimum Gasteiger partial charge on any atom is -0.479 e. The van der Waals surface area contributed by atoms with Gasteiger partial charge in [0.25, 0.3) is 5.91 Å². The molecular weight excluding hydrogens is 337 g/mol. The van der Waals surface area contributed by atoms with Crippen LogP contribution in [0.25, 0.3) is 0 Å². The van der Waals surface area contributed by atoms with Crippen LogP contribution in [0.2, 0.25) is 0 Å². The Hall–Kier alpha value is -1.08. The second kappa shape index (κ2) is 5.50. The number of thioether (sulfide) groups is 1. The molecular formula is C12H11BrFNO3S. The molecule has 0 saturated carbocycles. The van der Waals surface area contributed by atoms with Gasteiger partial charge in [0.1, 0.15) is 11.4 Å². The summed E-state index contributed by atoms with van der Waals surface area (Å²) in [7, 11) is 0. The summed E-state index contributed by atoms with van der Waals surface area (Å²) in [5.41, 5.74) is -1.15. The standard InChI is InChI=1S/C12H11BrFNO3S/c13-8-3-7(4-9(14)5-8)10(16)15-12(11(17)18)1-2-19-6-12/h3-5H,1-2,6H2,(H,15,16)(H,17,18)/t12-/m0/s1. The molecule has 2 N–H and O–H groups in total. The smallest absolute Gasteiger partial charge is 0.330 e. The number of carbonyl (C=O) groups excluding carboxylic acids is 1. The molecule has 1 aliphatic rings. The molecule has 1 fully saturated rings. The van der Waals surface area contributed by atoms with Crippen molar-refractivity contribution in [2.45, 2.75) is 12.0 Å². The number of hydrogen-bond donors (Lipinski definition) is 2. The Morgan fingerprint density at radius 3 is 2.68 bits per heavy atom. The Kier molecular flexibility index (Phi) is 4.15. The Morgan fingerprint density at radius 1 is 1.42 bits per heavy atom. The molecule has 1 aliphatic heterocycles. The van der Waals surface area contributed by atoms with E-state index >= 15 is 0 Å². The SMILES string of the molecule is O=C(N[C@@]1(C(=O)O)CCSC1)c1cc(F)cc(Br)c1. The van der Waals surface area contributed by atoms with E-state index in [9.17, 15) is 19.1 Å². The van der Waals surface area contributed by atoms with E-state index in [0.717, 1.165) is 6.07 Å². The van der Waals surface area contributed by atoms with Crippen molar-refractivity contribution in [3.05, 3.63) is 34.1 Å². The van der Waals surface area contributed by atoms with E-state index in [1.54, 1.807) is 0 Å². The van der Waals surface area contributed by atoms with Crippen molar-refractivity contribution >= 4 is 39.6 Å². The van der Waals surface area contributed by atoms with Gasteiger partial charge in [0.15, 0.2) is 0 Å². The van der Waals surface area contributed by atoms with Crippen LogP contribution < -0.4 is 5.32 Å². The van der Waals surface area contributed by atoms with Crippen LogP contribution in [-0.4, -0.2) is 34.0 Å². The largest absolute Gasteiger partial charge is 0.479 e. The van der Waals surface area contributed by atoms with E-state index in [1.165, 1.54) is 23.9 Å². The molecule has 1 aromatic carbocycles. The van der Waals surface area contributed by atoms with Gasteiger partial charge < -0.3 is 10.4 Å². The fourth-order valence-corrected chi connectivity index (χ4v) is 3.65. The molecule has 0 spiro atoms. The molecule has 19 heavy (non-hydrogen) atoms. The van der Waals surface area contributed by atoms with E-state index < -0.39 is 23.2 Å². The molecule has 1 atom stereocenters. The number of carboxylic acids is 1. The quantitative estimate of drug-likeness (QED) is 0.880. The van der Waals surface area contributed by atoms with Gasteiger partial charge in [-0.3, -0.25) is 4.79 Å². The van der Waals surface area contributed by atoms with Crippen LogP contribution in [0.1, 0.15) is 16.8 Å². The van der Waals surface area contributed by atoms with Crippen LogP contribution in [0.15, 0.2) is 22.7 Å². The zero-order valence-corrected chi connectivity index (χ0v) is 12.2. The van der Waals surface area contributed by atoms with Gasteiger partial charge in [-0.05, 0) is 30.4 Å². The molecule has 4 nitrogen and oxygen atoms in total. The first kappa shape index (κ1) is 14.3. The molecule has 1 saturated heterocycles. The van der Waals surface area contributed by atoms with Gasteiger partial charge in [-0.25, -0.2) is 9.18 Å². The van der Waals surface area contributed by atoms with Crippen LogP contribution in [0.5, 0.6) is 0 Å². The van der Waals surface area contributed by atoms with Gasteiger partial charge in [-0.15, -0.1) is 0 Å². The predicted octanol–water partition coefficient (Wildman–Crippen LogP) is 2.28.